The number of carbonyl (C=O) groups excluding carboxylic acids is 3. The summed E-state index contributed by atoms with van der Waals surface area (Å²) < 4.78 is 5.00. The minimum Gasteiger partial charge on any atom is -0.507 e. The number of aliphatic hydroxyl groups excluding tert-OH is 1. The summed E-state index contributed by atoms with van der Waals surface area (Å²) in [6.07, 6.45) is -0.219. The minimum atomic E-state index is -0.788. The Balaban J connectivity index is 2.91. The van der Waals surface area contributed by atoms with Crippen LogP contribution in [0.1, 0.15) is 40.5 Å². The van der Waals surface area contributed by atoms with E-state index in [0.29, 0.717) is 6.42 Å². The van der Waals surface area contributed by atoms with E-state index in [1.54, 1.807) is 6.92 Å². The van der Waals surface area contributed by atoms with Gasteiger partial charge in [0.25, 0.3) is 0 Å². The lowest BCUT2D eigenvalue weighted by atomic mass is 9.93. The molecule has 2 atom stereocenters. The molecule has 1 aliphatic heterocycles. The Kier molecular flexibility index (Phi) is 4.86. The summed E-state index contributed by atoms with van der Waals surface area (Å²) in [7, 11) is 0. The lowest BCUT2D eigenvalue weighted by molar-refractivity contribution is -0.142. The van der Waals surface area contributed by atoms with Gasteiger partial charge in [0.2, 0.25) is 0 Å². The van der Waals surface area contributed by atoms with Gasteiger partial charge in [-0.05, 0) is 19.3 Å². The largest absolute Gasteiger partial charge is 0.507 e. The van der Waals surface area contributed by atoms with Gasteiger partial charge < -0.3 is 14.6 Å². The van der Waals surface area contributed by atoms with E-state index < -0.39 is 23.8 Å². The summed E-state index contributed by atoms with van der Waals surface area (Å²) in [5.74, 6) is -2.14. The highest BCUT2D eigenvalue weighted by atomic mass is 16.6. The van der Waals surface area contributed by atoms with Crippen LogP contribution >= 0.6 is 0 Å². The molecule has 5 heteroatoms. The second-order valence-electron chi connectivity index (χ2n) is 5.46. The molecule has 0 radical (unpaired) electrons. The normalized spacial score (nSPS) is 20.7. The highest BCUT2D eigenvalue weighted by molar-refractivity contribution is 6.20. The second kappa shape index (κ2) is 5.99. The van der Waals surface area contributed by atoms with Crippen molar-refractivity contribution in [1.29, 1.82) is 0 Å². The monoisotopic (exact) mass is 268 g/mol. The van der Waals surface area contributed by atoms with Crippen LogP contribution in [0.15, 0.2) is 11.3 Å². The number of ketones is 2. The molecule has 0 fully saturated rings. The number of rotatable bonds is 6. The lowest BCUT2D eigenvalue weighted by Gasteiger charge is -2.11. The van der Waals surface area contributed by atoms with E-state index in [2.05, 4.69) is 0 Å². The third kappa shape index (κ3) is 3.66. The van der Waals surface area contributed by atoms with Crippen LogP contribution in [0.4, 0.5) is 0 Å². The molecule has 1 rings (SSSR count). The van der Waals surface area contributed by atoms with Crippen molar-refractivity contribution in [2.75, 3.05) is 0 Å². The van der Waals surface area contributed by atoms with Crippen molar-refractivity contribution in [2.24, 2.45) is 11.8 Å². The molecule has 5 nitrogen and oxygen atoms in total. The van der Waals surface area contributed by atoms with Gasteiger partial charge in [0.15, 0.2) is 17.6 Å². The molecule has 0 aromatic rings. The molecule has 0 aliphatic carbocycles. The molecule has 0 aromatic carbocycles. The van der Waals surface area contributed by atoms with Gasteiger partial charge in [0.1, 0.15) is 11.4 Å². The molecule has 0 spiro atoms. The number of hydrogen-bond acceptors (Lipinski definition) is 5. The van der Waals surface area contributed by atoms with Crippen molar-refractivity contribution in [1.82, 2.24) is 0 Å². The van der Waals surface area contributed by atoms with Crippen LogP contribution in [0.25, 0.3) is 0 Å². The fraction of sp³-hybridized carbons (Fsp3) is 0.643. The van der Waals surface area contributed by atoms with E-state index in [0.717, 1.165) is 0 Å². The number of carbonyl (C=O) groups is 3. The van der Waals surface area contributed by atoms with Crippen LogP contribution < -0.4 is 0 Å². The van der Waals surface area contributed by atoms with E-state index in [9.17, 15) is 19.5 Å². The number of aliphatic hydroxyl groups is 1. The Bertz CT molecular complexity index is 433. The van der Waals surface area contributed by atoms with Gasteiger partial charge in [-0.3, -0.25) is 4.79 Å². The molecule has 0 aromatic heterocycles. The standard InChI is InChI=1S/C14H20O5/c1-7(2)5-10-13(17)11(14(18)19-10)12(16)8(3)6-9(4)15/h7-8,10,17H,5-6H2,1-4H3. The Morgan fingerprint density at radius 2 is 1.89 bits per heavy atom. The van der Waals surface area contributed by atoms with Crippen molar-refractivity contribution in [3.8, 4) is 0 Å². The molecule has 0 saturated heterocycles. The Labute approximate surface area is 112 Å². The Morgan fingerprint density at radius 3 is 2.37 bits per heavy atom. The van der Waals surface area contributed by atoms with E-state index in [1.807, 2.05) is 13.8 Å². The maximum Gasteiger partial charge on any atom is 0.346 e. The molecule has 1 aliphatic rings. The smallest absolute Gasteiger partial charge is 0.346 e. The van der Waals surface area contributed by atoms with Crippen molar-refractivity contribution < 1.29 is 24.2 Å². The van der Waals surface area contributed by atoms with Gasteiger partial charge >= 0.3 is 5.97 Å². The fourth-order valence-corrected chi connectivity index (χ4v) is 2.09. The van der Waals surface area contributed by atoms with E-state index in [-0.39, 0.29) is 29.5 Å². The van der Waals surface area contributed by atoms with Crippen molar-refractivity contribution in [2.45, 2.75) is 46.6 Å². The zero-order valence-electron chi connectivity index (χ0n) is 11.7. The van der Waals surface area contributed by atoms with Crippen LogP contribution in [0.5, 0.6) is 0 Å². The number of cyclic esters (lactones) is 1. The maximum absolute atomic E-state index is 12.1. The molecular weight excluding hydrogens is 248 g/mol. The van der Waals surface area contributed by atoms with E-state index in [4.69, 9.17) is 4.74 Å². The number of ether oxygens (including phenoxy) is 1. The van der Waals surface area contributed by atoms with Crippen molar-refractivity contribution >= 4 is 17.5 Å². The third-order valence-electron chi connectivity index (χ3n) is 2.99. The highest BCUT2D eigenvalue weighted by Crippen LogP contribution is 2.28. The van der Waals surface area contributed by atoms with Gasteiger partial charge in [0.05, 0.1) is 0 Å². The first-order chi connectivity index (χ1) is 8.73. The van der Waals surface area contributed by atoms with Gasteiger partial charge in [-0.2, -0.15) is 0 Å². The predicted molar refractivity (Wildman–Crippen MR) is 68.5 cm³/mol. The zero-order valence-corrected chi connectivity index (χ0v) is 11.7. The summed E-state index contributed by atoms with van der Waals surface area (Å²) in [5, 5.41) is 9.95. The van der Waals surface area contributed by atoms with Gasteiger partial charge in [-0.1, -0.05) is 20.8 Å². The first-order valence-corrected chi connectivity index (χ1v) is 6.41. The molecule has 1 heterocycles. The Morgan fingerprint density at radius 1 is 1.32 bits per heavy atom. The maximum atomic E-state index is 12.1. The van der Waals surface area contributed by atoms with Crippen LogP contribution in [-0.2, 0) is 19.1 Å². The summed E-state index contributed by atoms with van der Waals surface area (Å²) in [6, 6.07) is 0. The van der Waals surface area contributed by atoms with Crippen LogP contribution in [0, 0.1) is 11.8 Å². The van der Waals surface area contributed by atoms with Gasteiger partial charge in [-0.15, -0.1) is 0 Å². The van der Waals surface area contributed by atoms with Crippen LogP contribution in [0.2, 0.25) is 0 Å². The molecule has 2 unspecified atom stereocenters. The fourth-order valence-electron chi connectivity index (χ4n) is 2.09. The first kappa shape index (κ1) is 15.4. The molecule has 0 bridgehead atoms. The van der Waals surface area contributed by atoms with Gasteiger partial charge in [0, 0.05) is 12.3 Å². The average Bonchev–Trinajstić information content (AvgIpc) is 2.51. The third-order valence-corrected chi connectivity index (χ3v) is 2.99. The molecule has 0 amide bonds. The molecule has 1 N–H and O–H groups in total. The summed E-state index contributed by atoms with van der Waals surface area (Å²) in [5.41, 5.74) is -0.292. The number of hydrogen-bond donors (Lipinski definition) is 1. The topological polar surface area (TPSA) is 80.7 Å². The summed E-state index contributed by atoms with van der Waals surface area (Å²) in [6.45, 7) is 6.80. The molecular formula is C14H20O5. The number of esters is 1. The zero-order chi connectivity index (χ0) is 14.7. The minimum absolute atomic E-state index is 0.0533. The Hall–Kier alpha value is -1.65. The number of Topliss-reactive ketones (excluding diaryl/α,β-unsaturated/α-hetero) is 2. The average molecular weight is 268 g/mol. The molecule has 106 valence electrons. The SMILES string of the molecule is CC(=O)CC(C)C(=O)C1=C(O)C(CC(C)C)OC1=O. The van der Waals surface area contributed by atoms with E-state index >= 15 is 0 Å². The summed E-state index contributed by atoms with van der Waals surface area (Å²) in [4.78, 5) is 34.7. The van der Waals surface area contributed by atoms with Crippen molar-refractivity contribution in [3.05, 3.63) is 11.3 Å². The van der Waals surface area contributed by atoms with Crippen LogP contribution in [-0.4, -0.2) is 28.7 Å². The molecule has 0 saturated carbocycles. The second-order valence-corrected chi connectivity index (χ2v) is 5.46. The first-order valence-electron chi connectivity index (χ1n) is 6.41. The van der Waals surface area contributed by atoms with Crippen LogP contribution in [0.3, 0.4) is 0 Å². The predicted octanol–water partition coefficient (Wildman–Crippen LogP) is 1.95. The summed E-state index contributed by atoms with van der Waals surface area (Å²) >= 11 is 0. The highest BCUT2D eigenvalue weighted by Gasteiger charge is 2.39. The van der Waals surface area contributed by atoms with Gasteiger partial charge in [-0.25, -0.2) is 4.79 Å². The lowest BCUT2D eigenvalue weighted by Crippen LogP contribution is -2.20. The van der Waals surface area contributed by atoms with Crippen molar-refractivity contribution in [3.63, 3.8) is 0 Å². The van der Waals surface area contributed by atoms with E-state index in [1.165, 1.54) is 6.92 Å². The quantitative estimate of drug-likeness (QED) is 0.588. The molecule has 19 heavy (non-hydrogen) atoms.